The molecule has 4 nitrogen and oxygen atoms in total. The molecule has 0 spiro atoms. The van der Waals surface area contributed by atoms with E-state index in [1.54, 1.807) is 5.32 Å². The maximum atomic E-state index is 12.8. The molecule has 0 unspecified atom stereocenters. The monoisotopic (exact) mass is 304 g/mol. The first-order valence-corrected chi connectivity index (χ1v) is 6.19. The summed E-state index contributed by atoms with van der Waals surface area (Å²) in [7, 11) is 0. The Bertz CT molecular complexity index is 559. The van der Waals surface area contributed by atoms with E-state index in [2.05, 4.69) is 5.32 Å². The largest absolute Gasteiger partial charge is 0.383 e. The fourth-order valence-electron chi connectivity index (χ4n) is 1.58. The Hall–Kier alpha value is -2.12. The van der Waals surface area contributed by atoms with Gasteiger partial charge in [0.25, 0.3) is 0 Å². The second-order valence-electron chi connectivity index (χ2n) is 4.72. The lowest BCUT2D eigenvalue weighted by Crippen LogP contribution is -2.40. The Kier molecular flexibility index (Phi) is 4.15. The van der Waals surface area contributed by atoms with Crippen molar-refractivity contribution in [1.29, 1.82) is 0 Å². The zero-order valence-corrected chi connectivity index (χ0v) is 10.7. The molecular weight excluding hydrogens is 292 g/mol. The maximum absolute atomic E-state index is 12.8. The smallest absolute Gasteiger partial charge is 0.326 e. The van der Waals surface area contributed by atoms with Gasteiger partial charge in [-0.25, -0.2) is 8.78 Å². The molecule has 0 bridgehead atoms. The molecule has 1 saturated carbocycles. The van der Waals surface area contributed by atoms with Crippen LogP contribution in [0.25, 0.3) is 0 Å². The Morgan fingerprint density at radius 2 is 1.71 bits per heavy atom. The van der Waals surface area contributed by atoms with Crippen molar-refractivity contribution in [3.05, 3.63) is 24.3 Å². The molecule has 2 amide bonds. The van der Waals surface area contributed by atoms with Gasteiger partial charge in [0.15, 0.2) is 0 Å². The van der Waals surface area contributed by atoms with Crippen LogP contribution >= 0.6 is 0 Å². The van der Waals surface area contributed by atoms with Crippen molar-refractivity contribution in [3.8, 4) is 0 Å². The molecule has 0 aromatic heterocycles. The standard InChI is InChI=1S/C13H12F4N2O2/c14-11(15)13(16,17)12(21)19-9-3-1-2-8(6-9)18-10(20)7-4-5-7/h1-3,6-7,11H,4-5H2,(H,18,20)(H,19,21). The summed E-state index contributed by atoms with van der Waals surface area (Å²) in [6.45, 7) is 0. The summed E-state index contributed by atoms with van der Waals surface area (Å²) >= 11 is 0. The van der Waals surface area contributed by atoms with Gasteiger partial charge in [0.2, 0.25) is 5.91 Å². The van der Waals surface area contributed by atoms with E-state index >= 15 is 0 Å². The molecule has 0 aliphatic heterocycles. The number of rotatable bonds is 5. The average Bonchev–Trinajstić information content (AvgIpc) is 3.23. The van der Waals surface area contributed by atoms with Crippen molar-refractivity contribution in [1.82, 2.24) is 0 Å². The highest BCUT2D eigenvalue weighted by molar-refractivity contribution is 5.98. The van der Waals surface area contributed by atoms with E-state index in [0.29, 0.717) is 5.69 Å². The number of carbonyl (C=O) groups excluding carboxylic acids is 2. The van der Waals surface area contributed by atoms with Gasteiger partial charge in [-0.2, -0.15) is 8.78 Å². The first-order valence-electron chi connectivity index (χ1n) is 6.19. The predicted octanol–water partition coefficient (Wildman–Crippen LogP) is 2.87. The fourth-order valence-corrected chi connectivity index (χ4v) is 1.58. The normalized spacial score (nSPS) is 14.9. The molecule has 2 N–H and O–H groups in total. The molecule has 1 aliphatic carbocycles. The van der Waals surface area contributed by atoms with Crippen molar-refractivity contribution >= 4 is 23.2 Å². The number of hydrogen-bond donors (Lipinski definition) is 2. The van der Waals surface area contributed by atoms with Gasteiger partial charge in [0.1, 0.15) is 0 Å². The minimum atomic E-state index is -4.77. The van der Waals surface area contributed by atoms with Crippen LogP contribution in [0.5, 0.6) is 0 Å². The lowest BCUT2D eigenvalue weighted by atomic mass is 10.2. The topological polar surface area (TPSA) is 58.2 Å². The predicted molar refractivity (Wildman–Crippen MR) is 67.4 cm³/mol. The van der Waals surface area contributed by atoms with Gasteiger partial charge in [-0.1, -0.05) is 6.07 Å². The number of anilines is 2. The van der Waals surface area contributed by atoms with Crippen molar-refractivity contribution in [2.75, 3.05) is 10.6 Å². The molecule has 1 fully saturated rings. The van der Waals surface area contributed by atoms with Gasteiger partial charge >= 0.3 is 18.3 Å². The highest BCUT2D eigenvalue weighted by Crippen LogP contribution is 2.30. The van der Waals surface area contributed by atoms with E-state index in [0.717, 1.165) is 12.8 Å². The summed E-state index contributed by atoms with van der Waals surface area (Å²) in [5.74, 6) is -7.11. The summed E-state index contributed by atoms with van der Waals surface area (Å²) < 4.78 is 49.7. The lowest BCUT2D eigenvalue weighted by molar-refractivity contribution is -0.163. The van der Waals surface area contributed by atoms with E-state index in [-0.39, 0.29) is 17.5 Å². The molecule has 0 saturated heterocycles. The number of benzene rings is 1. The first-order chi connectivity index (χ1) is 9.80. The van der Waals surface area contributed by atoms with Gasteiger partial charge in [0.05, 0.1) is 0 Å². The summed E-state index contributed by atoms with van der Waals surface area (Å²) in [6, 6.07) is 5.38. The van der Waals surface area contributed by atoms with Crippen LogP contribution in [0.4, 0.5) is 28.9 Å². The molecule has 114 valence electrons. The minimum Gasteiger partial charge on any atom is -0.326 e. The van der Waals surface area contributed by atoms with E-state index in [9.17, 15) is 27.2 Å². The Morgan fingerprint density at radius 3 is 2.24 bits per heavy atom. The zero-order chi connectivity index (χ0) is 15.6. The van der Waals surface area contributed by atoms with E-state index in [4.69, 9.17) is 0 Å². The zero-order valence-electron chi connectivity index (χ0n) is 10.7. The SMILES string of the molecule is O=C(Nc1cccc(NC(=O)C(F)(F)C(F)F)c1)C1CC1. The van der Waals surface area contributed by atoms with Gasteiger partial charge < -0.3 is 10.6 Å². The highest BCUT2D eigenvalue weighted by Gasteiger charge is 2.48. The first kappa shape index (κ1) is 15.3. The van der Waals surface area contributed by atoms with Crippen LogP contribution in [0.15, 0.2) is 24.3 Å². The second kappa shape index (κ2) is 5.71. The molecular formula is C13H12F4N2O2. The van der Waals surface area contributed by atoms with Gasteiger partial charge in [-0.05, 0) is 31.0 Å². The average molecular weight is 304 g/mol. The van der Waals surface area contributed by atoms with E-state index in [1.807, 2.05) is 0 Å². The third kappa shape index (κ3) is 3.71. The number of amides is 2. The van der Waals surface area contributed by atoms with Crippen LogP contribution in [-0.2, 0) is 9.59 Å². The third-order valence-electron chi connectivity index (χ3n) is 2.91. The van der Waals surface area contributed by atoms with Gasteiger partial charge in [-0.15, -0.1) is 0 Å². The molecule has 1 aliphatic rings. The van der Waals surface area contributed by atoms with Crippen LogP contribution in [0.2, 0.25) is 0 Å². The molecule has 0 radical (unpaired) electrons. The summed E-state index contributed by atoms with van der Waals surface area (Å²) in [4.78, 5) is 22.6. The van der Waals surface area contributed by atoms with Crippen LogP contribution in [-0.4, -0.2) is 24.2 Å². The number of halogens is 4. The lowest BCUT2D eigenvalue weighted by Gasteiger charge is -2.15. The highest BCUT2D eigenvalue weighted by atomic mass is 19.3. The maximum Gasteiger partial charge on any atom is 0.383 e. The van der Waals surface area contributed by atoms with Crippen LogP contribution < -0.4 is 10.6 Å². The second-order valence-corrected chi connectivity index (χ2v) is 4.72. The van der Waals surface area contributed by atoms with Gasteiger partial charge in [-0.3, -0.25) is 9.59 Å². The van der Waals surface area contributed by atoms with Crippen molar-refractivity contribution < 1.29 is 27.2 Å². The number of hydrogen-bond acceptors (Lipinski definition) is 2. The molecule has 21 heavy (non-hydrogen) atoms. The number of alkyl halides is 4. The Balaban J connectivity index is 2.03. The molecule has 1 aromatic rings. The summed E-state index contributed by atoms with van der Waals surface area (Å²) in [5, 5.41) is 4.25. The summed E-state index contributed by atoms with van der Waals surface area (Å²) in [6.07, 6.45) is -2.50. The van der Waals surface area contributed by atoms with Crippen molar-refractivity contribution in [2.24, 2.45) is 5.92 Å². The van der Waals surface area contributed by atoms with Crippen LogP contribution in [0.1, 0.15) is 12.8 Å². The molecule has 2 rings (SSSR count). The van der Waals surface area contributed by atoms with E-state index in [1.165, 1.54) is 24.3 Å². The number of nitrogens with one attached hydrogen (secondary N) is 2. The van der Waals surface area contributed by atoms with Crippen LogP contribution in [0, 0.1) is 5.92 Å². The third-order valence-corrected chi connectivity index (χ3v) is 2.91. The Labute approximate surface area is 117 Å². The van der Waals surface area contributed by atoms with Gasteiger partial charge in [0, 0.05) is 17.3 Å². The summed E-state index contributed by atoms with van der Waals surface area (Å²) in [5.41, 5.74) is 0.194. The van der Waals surface area contributed by atoms with Crippen LogP contribution in [0.3, 0.4) is 0 Å². The van der Waals surface area contributed by atoms with E-state index < -0.39 is 18.3 Å². The number of carbonyl (C=O) groups is 2. The molecule has 0 heterocycles. The van der Waals surface area contributed by atoms with Crippen molar-refractivity contribution in [2.45, 2.75) is 25.2 Å². The minimum absolute atomic E-state index is 0.0496. The molecule has 0 atom stereocenters. The Morgan fingerprint density at radius 1 is 1.14 bits per heavy atom. The quantitative estimate of drug-likeness (QED) is 0.822. The molecule has 8 heteroatoms. The van der Waals surface area contributed by atoms with Crippen molar-refractivity contribution in [3.63, 3.8) is 0 Å². The fraction of sp³-hybridized carbons (Fsp3) is 0.385. The molecule has 1 aromatic carbocycles.